The second kappa shape index (κ2) is 8.57. The second-order valence-electron chi connectivity index (χ2n) is 10.8. The van der Waals surface area contributed by atoms with Gasteiger partial charge >= 0.3 is 0 Å². The summed E-state index contributed by atoms with van der Waals surface area (Å²) in [5, 5.41) is 30.8. The van der Waals surface area contributed by atoms with E-state index in [1.807, 2.05) is 0 Å². The molecule has 4 aliphatic rings. The predicted octanol–water partition coefficient (Wildman–Crippen LogP) is 5.03. The fourth-order valence-corrected chi connectivity index (χ4v) is 8.00. The zero-order chi connectivity index (χ0) is 19.4. The summed E-state index contributed by atoms with van der Waals surface area (Å²) >= 11 is 0. The first kappa shape index (κ1) is 23.2. The van der Waals surface area contributed by atoms with Gasteiger partial charge in [-0.15, -0.1) is 0 Å². The van der Waals surface area contributed by atoms with Gasteiger partial charge in [0.2, 0.25) is 0 Å². The number of aliphatic hydroxyl groups excluding tert-OH is 3. The van der Waals surface area contributed by atoms with Crippen LogP contribution in [0.4, 0.5) is 0 Å². The van der Waals surface area contributed by atoms with Crippen molar-refractivity contribution in [1.29, 1.82) is 0 Å². The van der Waals surface area contributed by atoms with Gasteiger partial charge in [-0.25, -0.2) is 0 Å². The third-order valence-corrected chi connectivity index (χ3v) is 9.59. The minimum Gasteiger partial charge on any atom is -0.513 e. The molecule has 0 amide bonds. The van der Waals surface area contributed by atoms with Gasteiger partial charge in [-0.3, -0.25) is 0 Å². The topological polar surface area (TPSA) is 60.7 Å². The molecule has 0 radical (unpaired) electrons. The molecule has 4 fully saturated rings. The zero-order valence-corrected chi connectivity index (χ0v) is 21.9. The van der Waals surface area contributed by atoms with Gasteiger partial charge in [0, 0.05) is 37.5 Å². The monoisotopic (exact) mass is 613 g/mol. The number of hydrogen-bond acceptors (Lipinski definition) is 3. The van der Waals surface area contributed by atoms with E-state index in [1.54, 1.807) is 0 Å². The average Bonchev–Trinajstić information content (AvgIpc) is 2.93. The fourth-order valence-electron chi connectivity index (χ4n) is 8.00. The molecule has 9 atom stereocenters. The standard InChI is InChI=1S/C24H39O3.U/c1-15(25)5-4-6-16-7-8-19-22-20(10-12-23(16,19)2)24(3)11-9-18(26)13-17(24)14-21(22)27;/h12,16-22,25-27H,1,4-11,13-14H2,2-3H3;/q-1;/t16?,17?,18-,19?,20?,21-,22?,23-,24+;/m1./s1. The number of aliphatic hydroxyl groups is 3. The van der Waals surface area contributed by atoms with Crippen LogP contribution in [0, 0.1) is 78.0 Å². The van der Waals surface area contributed by atoms with E-state index in [1.165, 1.54) is 12.8 Å². The zero-order valence-electron chi connectivity index (χ0n) is 17.7. The first-order valence-corrected chi connectivity index (χ1v) is 11.3. The summed E-state index contributed by atoms with van der Waals surface area (Å²) in [7, 11) is 0. The summed E-state index contributed by atoms with van der Waals surface area (Å²) < 4.78 is 0. The van der Waals surface area contributed by atoms with Crippen molar-refractivity contribution in [3.63, 3.8) is 0 Å². The molecule has 28 heavy (non-hydrogen) atoms. The van der Waals surface area contributed by atoms with Crippen LogP contribution in [-0.4, -0.2) is 27.5 Å². The predicted molar refractivity (Wildman–Crippen MR) is 108 cm³/mol. The molecule has 0 aliphatic heterocycles. The van der Waals surface area contributed by atoms with Crippen molar-refractivity contribution in [1.82, 2.24) is 0 Å². The number of rotatable bonds is 4. The summed E-state index contributed by atoms with van der Waals surface area (Å²) in [6.45, 7) is 8.54. The van der Waals surface area contributed by atoms with E-state index < -0.39 is 0 Å². The number of allylic oxidation sites excluding steroid dienone is 1. The van der Waals surface area contributed by atoms with Crippen molar-refractivity contribution in [2.24, 2.45) is 40.4 Å². The van der Waals surface area contributed by atoms with Crippen LogP contribution >= 0.6 is 0 Å². The Morgan fingerprint density at radius 2 is 1.86 bits per heavy atom. The van der Waals surface area contributed by atoms with E-state index in [9.17, 15) is 15.3 Å². The van der Waals surface area contributed by atoms with Gasteiger partial charge in [0.15, 0.2) is 0 Å². The smallest absolute Gasteiger partial charge is 0.0851 e. The molecule has 0 aromatic heterocycles. The summed E-state index contributed by atoms with van der Waals surface area (Å²) in [6.07, 6.45) is 12.6. The SMILES string of the molecule is C=C(O)CCCC1CCC2C3C(C[CH-][C@]12C)[C@@]1(C)CC[C@@H](O)CC1C[C@H]3O.[U]. The number of fused-ring (bicyclic) bond motifs is 5. The van der Waals surface area contributed by atoms with E-state index in [4.69, 9.17) is 0 Å². The molecule has 3 N–H and O–H groups in total. The van der Waals surface area contributed by atoms with Crippen LogP contribution in [0.25, 0.3) is 0 Å². The van der Waals surface area contributed by atoms with Crippen molar-refractivity contribution < 1.29 is 46.4 Å². The van der Waals surface area contributed by atoms with E-state index in [-0.39, 0.29) is 54.2 Å². The minimum absolute atomic E-state index is 0. The molecule has 0 saturated heterocycles. The van der Waals surface area contributed by atoms with E-state index in [0.29, 0.717) is 41.8 Å². The van der Waals surface area contributed by atoms with Crippen LogP contribution in [0.5, 0.6) is 0 Å². The van der Waals surface area contributed by atoms with E-state index in [2.05, 4.69) is 26.8 Å². The van der Waals surface area contributed by atoms with Crippen LogP contribution in [0.15, 0.2) is 12.3 Å². The third-order valence-electron chi connectivity index (χ3n) is 9.59. The Bertz CT molecular complexity index is 580. The van der Waals surface area contributed by atoms with Gasteiger partial charge in [-0.2, -0.15) is 11.8 Å². The van der Waals surface area contributed by atoms with Gasteiger partial charge in [-0.1, -0.05) is 57.4 Å². The van der Waals surface area contributed by atoms with E-state index >= 15 is 0 Å². The Labute approximate surface area is 195 Å². The summed E-state index contributed by atoms with van der Waals surface area (Å²) in [4.78, 5) is 0. The molecule has 4 heteroatoms. The van der Waals surface area contributed by atoms with Gasteiger partial charge in [-0.05, 0) is 49.4 Å². The van der Waals surface area contributed by atoms with Crippen molar-refractivity contribution >= 4 is 0 Å². The first-order valence-electron chi connectivity index (χ1n) is 11.3. The maximum absolute atomic E-state index is 11.2. The Morgan fingerprint density at radius 3 is 2.57 bits per heavy atom. The molecule has 158 valence electrons. The molecule has 0 heterocycles. The van der Waals surface area contributed by atoms with Crippen LogP contribution in [0.3, 0.4) is 0 Å². The maximum atomic E-state index is 11.2. The third kappa shape index (κ3) is 3.79. The van der Waals surface area contributed by atoms with Crippen molar-refractivity contribution in [3.05, 3.63) is 18.8 Å². The Balaban J connectivity index is 0.00000225. The Hall–Kier alpha value is 0.512. The van der Waals surface area contributed by atoms with Crippen LogP contribution in [0.2, 0.25) is 0 Å². The Morgan fingerprint density at radius 1 is 1.11 bits per heavy atom. The van der Waals surface area contributed by atoms with Crippen LogP contribution in [0.1, 0.15) is 78.1 Å². The second-order valence-corrected chi connectivity index (χ2v) is 10.8. The molecule has 4 rings (SSSR count). The van der Waals surface area contributed by atoms with Crippen molar-refractivity contribution in [2.45, 2.75) is 90.3 Å². The Kier molecular flexibility index (Phi) is 7.09. The summed E-state index contributed by atoms with van der Waals surface area (Å²) in [6, 6.07) is 0. The molecular formula is C24H39O3U-. The molecule has 4 aliphatic carbocycles. The molecule has 4 saturated carbocycles. The molecule has 5 unspecified atom stereocenters. The van der Waals surface area contributed by atoms with Gasteiger partial charge in [0.25, 0.3) is 0 Å². The maximum Gasteiger partial charge on any atom is 0.0851 e. The van der Waals surface area contributed by atoms with Gasteiger partial charge in [0.1, 0.15) is 0 Å². The van der Waals surface area contributed by atoms with Gasteiger partial charge in [0.05, 0.1) is 18.0 Å². The molecule has 0 aromatic rings. The molecule has 0 bridgehead atoms. The van der Waals surface area contributed by atoms with Crippen molar-refractivity contribution in [2.75, 3.05) is 0 Å². The largest absolute Gasteiger partial charge is 0.513 e. The van der Waals surface area contributed by atoms with E-state index in [0.717, 1.165) is 44.9 Å². The summed E-state index contributed by atoms with van der Waals surface area (Å²) in [5.74, 6) is 3.06. The quantitative estimate of drug-likeness (QED) is 0.308. The van der Waals surface area contributed by atoms with Crippen molar-refractivity contribution in [3.8, 4) is 0 Å². The summed E-state index contributed by atoms with van der Waals surface area (Å²) in [5.41, 5.74) is 0.518. The fraction of sp³-hybridized carbons (Fsp3) is 0.875. The first-order chi connectivity index (χ1) is 12.8. The van der Waals surface area contributed by atoms with Gasteiger partial charge < -0.3 is 21.7 Å². The minimum atomic E-state index is -0.202. The van der Waals surface area contributed by atoms with Crippen LogP contribution in [-0.2, 0) is 0 Å². The van der Waals surface area contributed by atoms with Crippen LogP contribution < -0.4 is 0 Å². The molecule has 0 spiro atoms. The average molecular weight is 614 g/mol. The molecule has 3 nitrogen and oxygen atoms in total. The molecule has 0 aromatic carbocycles. The molecular weight excluding hydrogens is 574 g/mol. The normalized spacial score (nSPS) is 50.1. The number of hydrogen-bond donors (Lipinski definition) is 3.